The molecule has 0 aliphatic carbocycles. The van der Waals surface area contributed by atoms with Gasteiger partial charge in [-0.1, -0.05) is 18.7 Å². The fraction of sp³-hybridized carbons (Fsp3) is 0.0741. The normalized spacial score (nSPS) is 11.0. The molecule has 2 N–H and O–H groups in total. The first-order valence-corrected chi connectivity index (χ1v) is 10.6. The quantitative estimate of drug-likeness (QED) is 0.343. The summed E-state index contributed by atoms with van der Waals surface area (Å²) in [6.07, 6.45) is 5.34. The van der Waals surface area contributed by atoms with Crippen LogP contribution in [0.5, 0.6) is 0 Å². The fourth-order valence-corrected chi connectivity index (χ4v) is 3.97. The number of halogens is 1. The van der Waals surface area contributed by atoms with Gasteiger partial charge < -0.3 is 10.3 Å². The Bertz CT molecular complexity index is 1480. The van der Waals surface area contributed by atoms with Crippen LogP contribution in [0, 0.1) is 12.7 Å². The van der Waals surface area contributed by atoms with E-state index in [0.29, 0.717) is 0 Å². The van der Waals surface area contributed by atoms with Crippen LogP contribution in [-0.4, -0.2) is 27.0 Å². The van der Waals surface area contributed by atoms with Gasteiger partial charge in [0, 0.05) is 47.9 Å². The van der Waals surface area contributed by atoms with Gasteiger partial charge in [0.05, 0.1) is 17.1 Å². The zero-order valence-corrected chi connectivity index (χ0v) is 18.4. The summed E-state index contributed by atoms with van der Waals surface area (Å²) in [5.41, 5.74) is 8.71. The second-order valence-corrected chi connectivity index (χ2v) is 7.82. The van der Waals surface area contributed by atoms with Gasteiger partial charge >= 0.3 is 0 Å². The maximum atomic E-state index is 13.4. The van der Waals surface area contributed by atoms with Crippen LogP contribution in [0.3, 0.4) is 0 Å². The number of hydrogen-bond acceptors (Lipinski definition) is 4. The molecule has 162 valence electrons. The molecule has 5 rings (SSSR count). The number of rotatable bonds is 5. The van der Waals surface area contributed by atoms with Crippen molar-refractivity contribution >= 4 is 22.3 Å². The van der Waals surface area contributed by atoms with Crippen LogP contribution in [0.15, 0.2) is 79.8 Å². The molecular formula is C27H22FN5. The average molecular weight is 436 g/mol. The summed E-state index contributed by atoms with van der Waals surface area (Å²) in [5, 5.41) is 4.15. The molecule has 0 amide bonds. The Kier molecular flexibility index (Phi) is 5.18. The number of hydrogen-bond donors (Lipinski definition) is 2. The molecule has 0 aliphatic rings. The van der Waals surface area contributed by atoms with Crippen LogP contribution in [0.2, 0.25) is 0 Å². The summed E-state index contributed by atoms with van der Waals surface area (Å²) >= 11 is 0. The number of aromatic nitrogens is 4. The van der Waals surface area contributed by atoms with E-state index in [-0.39, 0.29) is 5.82 Å². The lowest BCUT2D eigenvalue weighted by Gasteiger charge is -2.13. The first-order valence-electron chi connectivity index (χ1n) is 10.6. The molecule has 0 unspecified atom stereocenters. The summed E-state index contributed by atoms with van der Waals surface area (Å²) in [5.74, 6) is -0.262. The van der Waals surface area contributed by atoms with Gasteiger partial charge in [-0.25, -0.2) is 14.4 Å². The lowest BCUT2D eigenvalue weighted by Crippen LogP contribution is -2.01. The molecule has 5 nitrogen and oxygen atoms in total. The van der Waals surface area contributed by atoms with E-state index in [2.05, 4.69) is 26.8 Å². The number of aryl methyl sites for hydroxylation is 1. The third-order valence-corrected chi connectivity index (χ3v) is 5.78. The van der Waals surface area contributed by atoms with Gasteiger partial charge in [-0.15, -0.1) is 0 Å². The van der Waals surface area contributed by atoms with Crippen molar-refractivity contribution < 1.29 is 4.39 Å². The van der Waals surface area contributed by atoms with Crippen molar-refractivity contribution in [3.63, 3.8) is 0 Å². The third-order valence-electron chi connectivity index (χ3n) is 5.78. The van der Waals surface area contributed by atoms with Crippen LogP contribution in [-0.2, 0) is 0 Å². The van der Waals surface area contributed by atoms with Gasteiger partial charge in [0.2, 0.25) is 0 Å². The van der Waals surface area contributed by atoms with Crippen LogP contribution in [0.4, 0.5) is 10.1 Å². The molecule has 0 atom stereocenters. The second kappa shape index (κ2) is 8.31. The molecule has 0 fully saturated rings. The van der Waals surface area contributed by atoms with Crippen LogP contribution in [0.25, 0.3) is 39.0 Å². The van der Waals surface area contributed by atoms with Crippen LogP contribution in [0.1, 0.15) is 17.0 Å². The SMILES string of the molecule is C=C(c1cc2c(-c3ccc(F)cc3)ccnc2[nH]1)c1nc(-c2cnccc2C)ccc1NC. The van der Waals surface area contributed by atoms with Gasteiger partial charge in [-0.05, 0) is 66.1 Å². The van der Waals surface area contributed by atoms with Crippen molar-refractivity contribution in [2.45, 2.75) is 6.92 Å². The number of anilines is 1. The Labute approximate surface area is 191 Å². The topological polar surface area (TPSA) is 66.5 Å². The van der Waals surface area contributed by atoms with Crippen molar-refractivity contribution in [1.82, 2.24) is 19.9 Å². The smallest absolute Gasteiger partial charge is 0.138 e. The van der Waals surface area contributed by atoms with Crippen molar-refractivity contribution in [3.05, 3.63) is 103 Å². The highest BCUT2D eigenvalue weighted by Crippen LogP contribution is 2.34. The van der Waals surface area contributed by atoms with E-state index in [0.717, 1.165) is 61.6 Å². The number of H-pyrrole nitrogens is 1. The van der Waals surface area contributed by atoms with E-state index in [9.17, 15) is 4.39 Å². The summed E-state index contributed by atoms with van der Waals surface area (Å²) in [6.45, 7) is 6.38. The minimum Gasteiger partial charge on any atom is -0.386 e. The largest absolute Gasteiger partial charge is 0.386 e. The maximum Gasteiger partial charge on any atom is 0.138 e. The molecule has 0 saturated heterocycles. The Morgan fingerprint density at radius 1 is 1.00 bits per heavy atom. The number of benzene rings is 1. The van der Waals surface area contributed by atoms with Crippen LogP contribution >= 0.6 is 0 Å². The highest BCUT2D eigenvalue weighted by atomic mass is 19.1. The summed E-state index contributed by atoms with van der Waals surface area (Å²) in [4.78, 5) is 17.0. The van der Waals surface area contributed by atoms with Gasteiger partial charge in [0.15, 0.2) is 0 Å². The van der Waals surface area contributed by atoms with Crippen LogP contribution < -0.4 is 5.32 Å². The lowest BCUT2D eigenvalue weighted by molar-refractivity contribution is 0.628. The van der Waals surface area contributed by atoms with Gasteiger partial charge in [0.1, 0.15) is 11.5 Å². The monoisotopic (exact) mass is 435 g/mol. The molecule has 6 heteroatoms. The summed E-state index contributed by atoms with van der Waals surface area (Å²) in [6, 6.07) is 16.4. The molecule has 0 bridgehead atoms. The number of pyridine rings is 3. The fourth-order valence-electron chi connectivity index (χ4n) is 3.97. The van der Waals surface area contributed by atoms with E-state index in [4.69, 9.17) is 4.98 Å². The summed E-state index contributed by atoms with van der Waals surface area (Å²) in [7, 11) is 1.86. The number of nitrogens with one attached hydrogen (secondary N) is 2. The highest BCUT2D eigenvalue weighted by Gasteiger charge is 2.16. The van der Waals surface area contributed by atoms with Gasteiger partial charge in [0.25, 0.3) is 0 Å². The summed E-state index contributed by atoms with van der Waals surface area (Å²) < 4.78 is 13.4. The van der Waals surface area contributed by atoms with Crippen molar-refractivity contribution in [2.75, 3.05) is 12.4 Å². The maximum absolute atomic E-state index is 13.4. The predicted octanol–water partition coefficient (Wildman–Crippen LogP) is 6.24. The number of nitrogens with zero attached hydrogens (tertiary/aromatic N) is 3. The molecule has 33 heavy (non-hydrogen) atoms. The Balaban J connectivity index is 1.60. The molecule has 0 aliphatic heterocycles. The molecular weight excluding hydrogens is 413 g/mol. The van der Waals surface area contributed by atoms with E-state index in [1.807, 2.05) is 50.5 Å². The third kappa shape index (κ3) is 3.76. The Morgan fingerprint density at radius 3 is 2.58 bits per heavy atom. The number of fused-ring (bicyclic) bond motifs is 1. The first kappa shape index (κ1) is 20.6. The molecule has 4 aromatic heterocycles. The van der Waals surface area contributed by atoms with Gasteiger partial charge in [-0.3, -0.25) is 4.98 Å². The zero-order valence-electron chi connectivity index (χ0n) is 18.4. The molecule has 0 radical (unpaired) electrons. The van der Waals surface area contributed by atoms with E-state index >= 15 is 0 Å². The van der Waals surface area contributed by atoms with Crippen molar-refractivity contribution in [2.24, 2.45) is 0 Å². The molecule has 4 heterocycles. The van der Waals surface area contributed by atoms with Crippen molar-refractivity contribution in [3.8, 4) is 22.4 Å². The van der Waals surface area contributed by atoms with E-state index in [1.165, 1.54) is 12.1 Å². The predicted molar refractivity (Wildman–Crippen MR) is 131 cm³/mol. The van der Waals surface area contributed by atoms with E-state index in [1.54, 1.807) is 24.5 Å². The van der Waals surface area contributed by atoms with E-state index < -0.39 is 0 Å². The average Bonchev–Trinajstić information content (AvgIpc) is 3.29. The molecule has 0 spiro atoms. The zero-order chi connectivity index (χ0) is 22.9. The second-order valence-electron chi connectivity index (χ2n) is 7.82. The molecule has 0 saturated carbocycles. The Morgan fingerprint density at radius 2 is 1.82 bits per heavy atom. The van der Waals surface area contributed by atoms with Crippen molar-refractivity contribution in [1.29, 1.82) is 0 Å². The minimum absolute atomic E-state index is 0.262. The highest BCUT2D eigenvalue weighted by molar-refractivity contribution is 5.97. The van der Waals surface area contributed by atoms with Gasteiger partial charge in [-0.2, -0.15) is 0 Å². The standard InChI is InChI=1S/C27H22FN5/c1-16-10-12-30-15-22(16)23-8-9-24(29-3)26(32-23)17(2)25-14-21-20(11-13-31-27(21)33-25)18-4-6-19(28)7-5-18/h4-15,29H,2H2,1,3H3,(H,31,33). The lowest BCUT2D eigenvalue weighted by atomic mass is 10.0. The molecule has 1 aromatic carbocycles. The molecule has 5 aromatic rings. The first-order chi connectivity index (χ1) is 16.0. The number of aromatic amines is 1. The minimum atomic E-state index is -0.262. The Hall–Kier alpha value is -4.32.